The number of aryl methyl sites for hydroxylation is 2. The molecule has 3 heterocycles. The summed E-state index contributed by atoms with van der Waals surface area (Å²) < 4.78 is 1.94. The summed E-state index contributed by atoms with van der Waals surface area (Å²) in [5.74, 6) is 1.11. The van der Waals surface area contributed by atoms with Gasteiger partial charge in [0.05, 0.1) is 11.4 Å². The van der Waals surface area contributed by atoms with Gasteiger partial charge in [0.15, 0.2) is 5.82 Å². The summed E-state index contributed by atoms with van der Waals surface area (Å²) in [6.07, 6.45) is 4.04. The van der Waals surface area contributed by atoms with Crippen molar-refractivity contribution in [2.24, 2.45) is 7.05 Å². The van der Waals surface area contributed by atoms with Crippen LogP contribution in [0.4, 0.5) is 11.5 Å². The minimum absolute atomic E-state index is 0.506. The second-order valence-corrected chi connectivity index (χ2v) is 6.09. The maximum absolute atomic E-state index is 6.23. The van der Waals surface area contributed by atoms with Crippen LogP contribution in [0.2, 0.25) is 0 Å². The molecule has 2 fully saturated rings. The summed E-state index contributed by atoms with van der Waals surface area (Å²) in [7, 11) is 2.00. The van der Waals surface area contributed by atoms with Crippen LogP contribution in [-0.2, 0) is 7.05 Å². The van der Waals surface area contributed by atoms with Gasteiger partial charge in [0.1, 0.15) is 0 Å². The van der Waals surface area contributed by atoms with Crippen LogP contribution in [0.5, 0.6) is 0 Å². The number of rotatable bonds is 1. The van der Waals surface area contributed by atoms with E-state index in [1.807, 2.05) is 18.7 Å². The van der Waals surface area contributed by atoms with Crippen molar-refractivity contribution in [1.29, 1.82) is 0 Å². The third kappa shape index (κ3) is 2.10. The maximum atomic E-state index is 6.23. The van der Waals surface area contributed by atoms with Crippen LogP contribution in [0.1, 0.15) is 31.9 Å². The van der Waals surface area contributed by atoms with Gasteiger partial charge in [-0.3, -0.25) is 9.58 Å². The average Bonchev–Trinajstić information content (AvgIpc) is 2.63. The van der Waals surface area contributed by atoms with Gasteiger partial charge in [-0.05, 0) is 33.2 Å². The van der Waals surface area contributed by atoms with Crippen LogP contribution in [0.25, 0.3) is 0 Å². The number of aromatic nitrogens is 2. The lowest BCUT2D eigenvalue weighted by molar-refractivity contribution is 0.115. The van der Waals surface area contributed by atoms with Gasteiger partial charge in [-0.25, -0.2) is 0 Å². The molecule has 1 aromatic heterocycles. The molecule has 0 aliphatic carbocycles. The highest BCUT2D eigenvalue weighted by Crippen LogP contribution is 2.32. The van der Waals surface area contributed by atoms with E-state index in [2.05, 4.69) is 21.8 Å². The van der Waals surface area contributed by atoms with Gasteiger partial charge in [-0.1, -0.05) is 6.42 Å². The molecule has 2 saturated heterocycles. The van der Waals surface area contributed by atoms with Crippen molar-refractivity contribution in [1.82, 2.24) is 14.7 Å². The van der Waals surface area contributed by atoms with Gasteiger partial charge in [-0.15, -0.1) is 0 Å². The third-order valence-corrected chi connectivity index (χ3v) is 4.70. The van der Waals surface area contributed by atoms with Gasteiger partial charge in [0.25, 0.3) is 0 Å². The Morgan fingerprint density at radius 2 is 2.05 bits per heavy atom. The predicted octanol–water partition coefficient (Wildman–Crippen LogP) is 1.37. The smallest absolute Gasteiger partial charge is 0.150 e. The third-order valence-electron chi connectivity index (χ3n) is 4.70. The Bertz CT molecular complexity index is 467. The molecule has 0 aromatic carbocycles. The summed E-state index contributed by atoms with van der Waals surface area (Å²) in [5, 5.41) is 4.46. The number of piperazine rings is 1. The molecule has 19 heavy (non-hydrogen) atoms. The number of nitrogens with two attached hydrogens (primary N) is 1. The molecule has 0 bridgehead atoms. The Morgan fingerprint density at radius 1 is 1.26 bits per heavy atom. The second kappa shape index (κ2) is 4.71. The molecule has 2 N–H and O–H groups in total. The van der Waals surface area contributed by atoms with Gasteiger partial charge < -0.3 is 10.6 Å². The van der Waals surface area contributed by atoms with Crippen LogP contribution >= 0.6 is 0 Å². The van der Waals surface area contributed by atoms with E-state index in [0.717, 1.165) is 30.3 Å². The largest absolute Gasteiger partial charge is 0.394 e. The molecule has 2 atom stereocenters. The number of anilines is 2. The van der Waals surface area contributed by atoms with Crippen LogP contribution in [0.15, 0.2) is 0 Å². The molecule has 106 valence electrons. The predicted molar refractivity (Wildman–Crippen MR) is 78.4 cm³/mol. The highest BCUT2D eigenvalue weighted by Gasteiger charge is 2.35. The first-order valence-corrected chi connectivity index (χ1v) is 7.37. The standard InChI is InChI=1S/C14H25N5/c1-10-8-18-7-5-4-6-12(18)9-19(10)14-13(15)11(2)16-17(14)3/h10,12H,4-9,15H2,1-3H3. The SMILES string of the molecule is Cc1nn(C)c(N2CC3CCCCN3CC2C)c1N. The molecule has 5 heteroatoms. The fourth-order valence-electron chi connectivity index (χ4n) is 3.65. The Balaban J connectivity index is 1.88. The molecular weight excluding hydrogens is 238 g/mol. The van der Waals surface area contributed by atoms with Crippen molar-refractivity contribution in [3.63, 3.8) is 0 Å². The first kappa shape index (κ1) is 12.8. The molecule has 0 amide bonds. The van der Waals surface area contributed by atoms with Gasteiger partial charge >= 0.3 is 0 Å². The van der Waals surface area contributed by atoms with Crippen molar-refractivity contribution >= 4 is 11.5 Å². The second-order valence-electron chi connectivity index (χ2n) is 6.09. The molecule has 1 aromatic rings. The first-order valence-electron chi connectivity index (χ1n) is 7.37. The van der Waals surface area contributed by atoms with Crippen molar-refractivity contribution in [2.45, 2.75) is 45.2 Å². The fourth-order valence-corrected chi connectivity index (χ4v) is 3.65. The number of nitrogens with zero attached hydrogens (tertiary/aromatic N) is 4. The Morgan fingerprint density at radius 3 is 2.74 bits per heavy atom. The Labute approximate surface area is 115 Å². The molecule has 0 saturated carbocycles. The molecule has 3 rings (SSSR count). The zero-order valence-corrected chi connectivity index (χ0v) is 12.3. The molecule has 0 radical (unpaired) electrons. The lowest BCUT2D eigenvalue weighted by Crippen LogP contribution is -2.59. The fraction of sp³-hybridized carbons (Fsp3) is 0.786. The van der Waals surface area contributed by atoms with E-state index in [4.69, 9.17) is 5.73 Å². The maximum Gasteiger partial charge on any atom is 0.150 e. The lowest BCUT2D eigenvalue weighted by atomic mass is 9.97. The first-order chi connectivity index (χ1) is 9.08. The molecule has 2 unspecified atom stereocenters. The normalized spacial score (nSPS) is 28.5. The van der Waals surface area contributed by atoms with Crippen molar-refractivity contribution in [3.05, 3.63) is 5.69 Å². The molecule has 2 aliphatic rings. The highest BCUT2D eigenvalue weighted by atomic mass is 15.4. The van der Waals surface area contributed by atoms with Crippen LogP contribution in [0, 0.1) is 6.92 Å². The Kier molecular flexibility index (Phi) is 3.17. The van der Waals surface area contributed by atoms with Crippen molar-refractivity contribution in [3.8, 4) is 0 Å². The summed E-state index contributed by atoms with van der Waals surface area (Å²) in [5.41, 5.74) is 8.01. The summed E-state index contributed by atoms with van der Waals surface area (Å²) >= 11 is 0. The van der Waals surface area contributed by atoms with E-state index >= 15 is 0 Å². The number of piperidine rings is 1. The number of fused-ring (bicyclic) bond motifs is 1. The molecular formula is C14H25N5. The minimum atomic E-state index is 0.506. The quantitative estimate of drug-likeness (QED) is 0.831. The monoisotopic (exact) mass is 263 g/mol. The van der Waals surface area contributed by atoms with Crippen molar-refractivity contribution < 1.29 is 0 Å². The van der Waals surface area contributed by atoms with Crippen LogP contribution < -0.4 is 10.6 Å². The van der Waals surface area contributed by atoms with E-state index in [9.17, 15) is 0 Å². The zero-order valence-electron chi connectivity index (χ0n) is 12.3. The zero-order chi connectivity index (χ0) is 13.6. The van der Waals surface area contributed by atoms with Gasteiger partial charge in [0, 0.05) is 32.2 Å². The summed E-state index contributed by atoms with van der Waals surface area (Å²) in [6, 6.07) is 1.20. The summed E-state index contributed by atoms with van der Waals surface area (Å²) in [4.78, 5) is 5.12. The van der Waals surface area contributed by atoms with Crippen LogP contribution in [-0.4, -0.2) is 46.4 Å². The van der Waals surface area contributed by atoms with Crippen molar-refractivity contribution in [2.75, 3.05) is 30.3 Å². The van der Waals surface area contributed by atoms with E-state index in [1.165, 1.54) is 25.8 Å². The number of hydrogen-bond acceptors (Lipinski definition) is 4. The van der Waals surface area contributed by atoms with Gasteiger partial charge in [0.2, 0.25) is 0 Å². The van der Waals surface area contributed by atoms with E-state index in [1.54, 1.807) is 0 Å². The average molecular weight is 263 g/mol. The molecule has 2 aliphatic heterocycles. The lowest BCUT2D eigenvalue weighted by Gasteiger charge is -2.48. The van der Waals surface area contributed by atoms with Gasteiger partial charge in [-0.2, -0.15) is 5.10 Å². The van der Waals surface area contributed by atoms with Crippen LogP contribution in [0.3, 0.4) is 0 Å². The van der Waals surface area contributed by atoms with E-state index in [-0.39, 0.29) is 0 Å². The minimum Gasteiger partial charge on any atom is -0.394 e. The Hall–Kier alpha value is -1.23. The summed E-state index contributed by atoms with van der Waals surface area (Å²) in [6.45, 7) is 7.79. The molecule has 0 spiro atoms. The topological polar surface area (TPSA) is 50.3 Å². The van der Waals surface area contributed by atoms with E-state index < -0.39 is 0 Å². The number of nitrogen functional groups attached to an aromatic ring is 1. The molecule has 5 nitrogen and oxygen atoms in total. The number of hydrogen-bond donors (Lipinski definition) is 1. The highest BCUT2D eigenvalue weighted by molar-refractivity contribution is 5.66. The van der Waals surface area contributed by atoms with E-state index in [0.29, 0.717) is 12.1 Å².